The van der Waals surface area contributed by atoms with E-state index in [9.17, 15) is 4.79 Å². The number of benzene rings is 1. The lowest BCUT2D eigenvalue weighted by atomic mass is 10.2. The third-order valence-corrected chi connectivity index (χ3v) is 3.30. The number of unbranched alkanes of at least 4 members (excludes halogenated alkanes) is 1. The van der Waals surface area contributed by atoms with Crippen LogP contribution in [-0.4, -0.2) is 17.4 Å². The lowest BCUT2D eigenvalue weighted by Crippen LogP contribution is -2.32. The van der Waals surface area contributed by atoms with Gasteiger partial charge in [0.1, 0.15) is 11.0 Å². The number of pyridine rings is 1. The molecular weight excluding hydrogens is 286 g/mol. The van der Waals surface area contributed by atoms with E-state index < -0.39 is 0 Å². The fourth-order valence-corrected chi connectivity index (χ4v) is 2.28. The normalized spacial score (nSPS) is 10.4. The van der Waals surface area contributed by atoms with Crippen LogP contribution >= 0.6 is 11.6 Å². The highest BCUT2D eigenvalue weighted by atomic mass is 35.5. The maximum atomic E-state index is 12.7. The van der Waals surface area contributed by atoms with Crippen molar-refractivity contribution in [3.8, 4) is 0 Å². The van der Waals surface area contributed by atoms with Gasteiger partial charge in [0.2, 0.25) is 0 Å². The molecule has 5 heteroatoms. The van der Waals surface area contributed by atoms with Gasteiger partial charge in [-0.2, -0.15) is 0 Å². The second-order valence-corrected chi connectivity index (χ2v) is 5.14. The number of hydrogen-bond donors (Lipinski definition) is 1. The molecule has 1 aromatic carbocycles. The van der Waals surface area contributed by atoms with Crippen molar-refractivity contribution in [3.05, 3.63) is 53.2 Å². The molecule has 0 saturated carbocycles. The van der Waals surface area contributed by atoms with Gasteiger partial charge in [-0.3, -0.25) is 4.79 Å². The van der Waals surface area contributed by atoms with Crippen molar-refractivity contribution in [2.45, 2.75) is 19.8 Å². The number of aromatic nitrogens is 1. The number of nitrogen functional groups attached to an aromatic ring is 1. The Morgan fingerprint density at radius 3 is 2.62 bits per heavy atom. The molecule has 21 heavy (non-hydrogen) atoms. The highest BCUT2D eigenvalue weighted by Crippen LogP contribution is 2.20. The van der Waals surface area contributed by atoms with E-state index in [1.807, 2.05) is 30.3 Å². The fourth-order valence-electron chi connectivity index (χ4n) is 2.07. The van der Waals surface area contributed by atoms with Gasteiger partial charge in [0, 0.05) is 17.8 Å². The van der Waals surface area contributed by atoms with Crippen LogP contribution in [0.5, 0.6) is 0 Å². The molecule has 1 amide bonds. The number of carbonyl (C=O) groups is 1. The Morgan fingerprint density at radius 2 is 2.00 bits per heavy atom. The molecule has 0 aliphatic carbocycles. The molecule has 1 aromatic heterocycles. The van der Waals surface area contributed by atoms with Crippen LogP contribution < -0.4 is 10.6 Å². The number of amides is 1. The van der Waals surface area contributed by atoms with Gasteiger partial charge >= 0.3 is 0 Å². The largest absolute Gasteiger partial charge is 0.384 e. The van der Waals surface area contributed by atoms with Gasteiger partial charge in [-0.15, -0.1) is 0 Å². The summed E-state index contributed by atoms with van der Waals surface area (Å²) in [6.07, 6.45) is 1.94. The number of para-hydroxylation sites is 1. The number of carbonyl (C=O) groups excluding carboxylic acids is 1. The quantitative estimate of drug-likeness (QED) is 0.855. The summed E-state index contributed by atoms with van der Waals surface area (Å²) in [5, 5.41) is 0.224. The summed E-state index contributed by atoms with van der Waals surface area (Å²) in [5.74, 6) is 0.125. The fraction of sp³-hybridized carbons (Fsp3) is 0.250. The van der Waals surface area contributed by atoms with Crippen LogP contribution in [0.3, 0.4) is 0 Å². The molecule has 0 unspecified atom stereocenters. The average molecular weight is 304 g/mol. The second kappa shape index (κ2) is 7.09. The van der Waals surface area contributed by atoms with Crippen LogP contribution in [0.4, 0.5) is 11.5 Å². The molecule has 0 aliphatic rings. The third kappa shape index (κ3) is 3.95. The topological polar surface area (TPSA) is 59.2 Å². The minimum atomic E-state index is -0.120. The van der Waals surface area contributed by atoms with Crippen molar-refractivity contribution in [2.75, 3.05) is 17.2 Å². The first kappa shape index (κ1) is 15.3. The Labute approximate surface area is 129 Å². The Balaban J connectivity index is 2.33. The van der Waals surface area contributed by atoms with E-state index in [1.54, 1.807) is 17.0 Å². The third-order valence-electron chi connectivity index (χ3n) is 3.11. The minimum absolute atomic E-state index is 0.120. The monoisotopic (exact) mass is 303 g/mol. The van der Waals surface area contributed by atoms with Crippen molar-refractivity contribution >= 4 is 29.0 Å². The minimum Gasteiger partial charge on any atom is -0.384 e. The van der Waals surface area contributed by atoms with Gasteiger partial charge in [0.25, 0.3) is 5.91 Å². The first-order chi connectivity index (χ1) is 10.1. The molecule has 0 atom stereocenters. The summed E-state index contributed by atoms with van der Waals surface area (Å²) in [6, 6.07) is 12.7. The Morgan fingerprint density at radius 1 is 1.29 bits per heavy atom. The summed E-state index contributed by atoms with van der Waals surface area (Å²) in [6.45, 7) is 2.74. The average Bonchev–Trinajstić information content (AvgIpc) is 2.47. The van der Waals surface area contributed by atoms with Crippen LogP contribution in [-0.2, 0) is 0 Å². The number of halogens is 1. The highest BCUT2D eigenvalue weighted by molar-refractivity contribution is 6.30. The summed E-state index contributed by atoms with van der Waals surface area (Å²) >= 11 is 5.89. The molecule has 110 valence electrons. The zero-order chi connectivity index (χ0) is 15.2. The molecule has 2 rings (SSSR count). The van der Waals surface area contributed by atoms with E-state index in [0.29, 0.717) is 12.1 Å². The molecule has 0 spiro atoms. The molecule has 2 N–H and O–H groups in total. The van der Waals surface area contributed by atoms with Crippen LogP contribution in [0.2, 0.25) is 5.15 Å². The van der Waals surface area contributed by atoms with Crippen molar-refractivity contribution < 1.29 is 4.79 Å². The molecule has 1 heterocycles. The van der Waals surface area contributed by atoms with E-state index in [2.05, 4.69) is 11.9 Å². The van der Waals surface area contributed by atoms with Gasteiger partial charge in [0.15, 0.2) is 0 Å². The zero-order valence-corrected chi connectivity index (χ0v) is 12.7. The van der Waals surface area contributed by atoms with Crippen LogP contribution in [0.15, 0.2) is 42.5 Å². The lowest BCUT2D eigenvalue weighted by Gasteiger charge is -2.23. The number of rotatable bonds is 5. The number of hydrogen-bond acceptors (Lipinski definition) is 3. The van der Waals surface area contributed by atoms with Gasteiger partial charge in [-0.25, -0.2) is 4.98 Å². The first-order valence-corrected chi connectivity index (χ1v) is 7.29. The Bertz CT molecular complexity index is 596. The maximum absolute atomic E-state index is 12.7. The molecule has 2 aromatic rings. The second-order valence-electron chi connectivity index (χ2n) is 4.75. The van der Waals surface area contributed by atoms with E-state index >= 15 is 0 Å². The number of nitrogens with two attached hydrogens (primary N) is 1. The van der Waals surface area contributed by atoms with Crippen molar-refractivity contribution in [2.24, 2.45) is 0 Å². The number of nitrogens with zero attached hydrogens (tertiary/aromatic N) is 2. The smallest absolute Gasteiger partial charge is 0.258 e. The zero-order valence-electron chi connectivity index (χ0n) is 11.9. The first-order valence-electron chi connectivity index (χ1n) is 6.91. The van der Waals surface area contributed by atoms with Crippen LogP contribution in [0.1, 0.15) is 30.1 Å². The molecule has 0 aliphatic heterocycles. The standard InChI is InChI=1S/C16H18ClN3O/c1-2-3-9-20(13-7-5-4-6-8-13)16(21)12-10-14(17)19-15(18)11-12/h4-8,10-11H,2-3,9H2,1H3,(H2,18,19). The highest BCUT2D eigenvalue weighted by Gasteiger charge is 2.18. The summed E-state index contributed by atoms with van der Waals surface area (Å²) in [4.78, 5) is 18.4. The van der Waals surface area contributed by atoms with E-state index in [4.69, 9.17) is 17.3 Å². The predicted molar refractivity (Wildman–Crippen MR) is 86.7 cm³/mol. The Kier molecular flexibility index (Phi) is 5.17. The molecule has 4 nitrogen and oxygen atoms in total. The molecule has 0 fully saturated rings. The van der Waals surface area contributed by atoms with Crippen LogP contribution in [0.25, 0.3) is 0 Å². The SMILES string of the molecule is CCCCN(C(=O)c1cc(N)nc(Cl)c1)c1ccccc1. The van der Waals surface area contributed by atoms with Crippen molar-refractivity contribution in [1.82, 2.24) is 4.98 Å². The number of anilines is 2. The van der Waals surface area contributed by atoms with Crippen LogP contribution in [0, 0.1) is 0 Å². The summed E-state index contributed by atoms with van der Waals surface area (Å²) < 4.78 is 0. The molecular formula is C16H18ClN3O. The summed E-state index contributed by atoms with van der Waals surface area (Å²) in [7, 11) is 0. The molecule has 0 saturated heterocycles. The maximum Gasteiger partial charge on any atom is 0.258 e. The predicted octanol–water partition coefficient (Wildman–Crippen LogP) is 3.76. The van der Waals surface area contributed by atoms with E-state index in [-0.39, 0.29) is 16.9 Å². The lowest BCUT2D eigenvalue weighted by molar-refractivity contribution is 0.0986. The van der Waals surface area contributed by atoms with Crippen molar-refractivity contribution in [3.63, 3.8) is 0 Å². The van der Waals surface area contributed by atoms with Gasteiger partial charge < -0.3 is 10.6 Å². The van der Waals surface area contributed by atoms with Gasteiger partial charge in [-0.1, -0.05) is 43.1 Å². The summed E-state index contributed by atoms with van der Waals surface area (Å²) in [5.41, 5.74) is 6.98. The van der Waals surface area contributed by atoms with Crippen molar-refractivity contribution in [1.29, 1.82) is 0 Å². The Hall–Kier alpha value is -2.07. The van der Waals surface area contributed by atoms with E-state index in [1.165, 1.54) is 0 Å². The van der Waals surface area contributed by atoms with E-state index in [0.717, 1.165) is 18.5 Å². The molecule has 0 radical (unpaired) electrons. The van der Waals surface area contributed by atoms with Gasteiger partial charge in [0.05, 0.1) is 0 Å². The molecule has 0 bridgehead atoms. The van der Waals surface area contributed by atoms with Gasteiger partial charge in [-0.05, 0) is 30.7 Å².